The van der Waals surface area contributed by atoms with Gasteiger partial charge in [-0.2, -0.15) is 0 Å². The Kier molecular flexibility index (Phi) is 6.37. The van der Waals surface area contributed by atoms with E-state index in [4.69, 9.17) is 4.74 Å². The average molecular weight is 436 g/mol. The van der Waals surface area contributed by atoms with Crippen molar-refractivity contribution < 1.29 is 9.53 Å². The summed E-state index contributed by atoms with van der Waals surface area (Å²) in [4.78, 5) is 26.2. The normalized spacial score (nSPS) is 21.7. The molecule has 1 aliphatic carbocycles. The number of aromatic nitrogens is 2. The minimum atomic E-state index is -0.140. The van der Waals surface area contributed by atoms with Gasteiger partial charge in [0.1, 0.15) is 0 Å². The van der Waals surface area contributed by atoms with Crippen LogP contribution in [-0.2, 0) is 24.1 Å². The molecule has 2 aromatic rings. The number of rotatable bonds is 6. The SMILES string of the molecule is CO[C@@H]1CCN(c2ncc(C(=O)NCc3ccc4c(c3)CCN(C3CCC3)CC4)cn2)C1. The van der Waals surface area contributed by atoms with Crippen molar-refractivity contribution in [2.24, 2.45) is 0 Å². The second kappa shape index (κ2) is 9.55. The summed E-state index contributed by atoms with van der Waals surface area (Å²) in [7, 11) is 1.73. The molecule has 7 heteroatoms. The molecule has 7 nitrogen and oxygen atoms in total. The first kappa shape index (κ1) is 21.3. The molecule has 1 aromatic heterocycles. The summed E-state index contributed by atoms with van der Waals surface area (Å²) in [5.41, 5.74) is 4.53. The molecule has 0 spiro atoms. The summed E-state index contributed by atoms with van der Waals surface area (Å²) >= 11 is 0. The van der Waals surface area contributed by atoms with Crippen molar-refractivity contribution in [2.45, 2.75) is 57.2 Å². The number of amides is 1. The Morgan fingerprint density at radius 3 is 2.56 bits per heavy atom. The molecule has 2 fully saturated rings. The zero-order valence-electron chi connectivity index (χ0n) is 18.9. The third kappa shape index (κ3) is 4.64. The van der Waals surface area contributed by atoms with E-state index >= 15 is 0 Å². The van der Waals surface area contributed by atoms with Crippen molar-refractivity contribution in [3.8, 4) is 0 Å². The summed E-state index contributed by atoms with van der Waals surface area (Å²) in [6.45, 7) is 4.51. The lowest BCUT2D eigenvalue weighted by Crippen LogP contribution is -2.41. The first-order valence-electron chi connectivity index (χ1n) is 11.9. The van der Waals surface area contributed by atoms with E-state index in [9.17, 15) is 4.79 Å². The fourth-order valence-electron chi connectivity index (χ4n) is 5.01. The molecule has 32 heavy (non-hydrogen) atoms. The van der Waals surface area contributed by atoms with Gasteiger partial charge in [0.15, 0.2) is 0 Å². The summed E-state index contributed by atoms with van der Waals surface area (Å²) in [5, 5.41) is 3.03. The largest absolute Gasteiger partial charge is 0.380 e. The fourth-order valence-corrected chi connectivity index (χ4v) is 5.01. The summed E-state index contributed by atoms with van der Waals surface area (Å²) in [5.74, 6) is 0.515. The standard InChI is InChI=1S/C25H33N5O2/c1-32-23-9-12-30(17-23)25-27-15-21(16-28-25)24(31)26-14-18-5-6-19-7-10-29(22-3-2-4-22)11-8-20(19)13-18/h5-6,13,15-16,22-23H,2-4,7-12,14,17H2,1H3,(H,26,31)/t23-/m1/s1. The van der Waals surface area contributed by atoms with E-state index < -0.39 is 0 Å². The van der Waals surface area contributed by atoms with Crippen molar-refractivity contribution >= 4 is 11.9 Å². The molecule has 5 rings (SSSR count). The van der Waals surface area contributed by atoms with Crippen LogP contribution < -0.4 is 10.2 Å². The molecular formula is C25H33N5O2. The van der Waals surface area contributed by atoms with Gasteiger partial charge in [0, 0.05) is 58.3 Å². The van der Waals surface area contributed by atoms with Crippen LogP contribution in [0.2, 0.25) is 0 Å². The van der Waals surface area contributed by atoms with E-state index in [0.717, 1.165) is 50.5 Å². The van der Waals surface area contributed by atoms with Crippen LogP contribution in [0.4, 0.5) is 5.95 Å². The molecule has 1 N–H and O–H groups in total. The lowest BCUT2D eigenvalue weighted by Gasteiger charge is -2.36. The maximum Gasteiger partial charge on any atom is 0.254 e. The van der Waals surface area contributed by atoms with Crippen molar-refractivity contribution in [1.29, 1.82) is 0 Å². The predicted molar refractivity (Wildman–Crippen MR) is 124 cm³/mol. The highest BCUT2D eigenvalue weighted by Gasteiger charge is 2.26. The molecule has 1 saturated heterocycles. The highest BCUT2D eigenvalue weighted by Crippen LogP contribution is 2.27. The Morgan fingerprint density at radius 2 is 1.88 bits per heavy atom. The smallest absolute Gasteiger partial charge is 0.254 e. The van der Waals surface area contributed by atoms with Gasteiger partial charge in [0.05, 0.1) is 11.7 Å². The highest BCUT2D eigenvalue weighted by atomic mass is 16.5. The molecule has 0 bridgehead atoms. The maximum absolute atomic E-state index is 12.6. The molecule has 0 radical (unpaired) electrons. The predicted octanol–water partition coefficient (Wildman–Crippen LogP) is 2.58. The number of ether oxygens (including phenoxy) is 1. The Morgan fingerprint density at radius 1 is 1.09 bits per heavy atom. The second-order valence-electron chi connectivity index (χ2n) is 9.27. The zero-order chi connectivity index (χ0) is 21.9. The number of carbonyl (C=O) groups excluding carboxylic acids is 1. The molecule has 1 atom stereocenters. The maximum atomic E-state index is 12.6. The van der Waals surface area contributed by atoms with Gasteiger partial charge in [-0.25, -0.2) is 9.97 Å². The van der Waals surface area contributed by atoms with Gasteiger partial charge < -0.3 is 15.0 Å². The Balaban J connectivity index is 1.16. The lowest BCUT2D eigenvalue weighted by molar-refractivity contribution is 0.0950. The molecule has 2 aliphatic heterocycles. The van der Waals surface area contributed by atoms with Gasteiger partial charge in [-0.1, -0.05) is 24.6 Å². The third-order valence-electron chi connectivity index (χ3n) is 7.31. The zero-order valence-corrected chi connectivity index (χ0v) is 18.9. The Hall–Kier alpha value is -2.51. The van der Waals surface area contributed by atoms with Crippen molar-refractivity contribution in [2.75, 3.05) is 38.2 Å². The Bertz CT molecular complexity index is 944. The van der Waals surface area contributed by atoms with Gasteiger partial charge >= 0.3 is 0 Å². The molecule has 0 unspecified atom stereocenters. The molecular weight excluding hydrogens is 402 g/mol. The van der Waals surface area contributed by atoms with Gasteiger partial charge in [-0.15, -0.1) is 0 Å². The topological polar surface area (TPSA) is 70.6 Å². The van der Waals surface area contributed by atoms with Crippen LogP contribution >= 0.6 is 0 Å². The van der Waals surface area contributed by atoms with Crippen molar-refractivity contribution in [1.82, 2.24) is 20.2 Å². The lowest BCUT2D eigenvalue weighted by atomic mass is 9.91. The van der Waals surface area contributed by atoms with Gasteiger partial charge in [0.25, 0.3) is 5.91 Å². The van der Waals surface area contributed by atoms with Gasteiger partial charge in [-0.3, -0.25) is 9.69 Å². The van der Waals surface area contributed by atoms with Crippen LogP contribution in [-0.4, -0.2) is 66.2 Å². The second-order valence-corrected chi connectivity index (χ2v) is 9.27. The number of nitrogens with zero attached hydrogens (tertiary/aromatic N) is 4. The van der Waals surface area contributed by atoms with E-state index in [-0.39, 0.29) is 12.0 Å². The van der Waals surface area contributed by atoms with Crippen molar-refractivity contribution in [3.63, 3.8) is 0 Å². The number of fused-ring (bicyclic) bond motifs is 1. The quantitative estimate of drug-likeness (QED) is 0.752. The van der Waals surface area contributed by atoms with E-state index in [1.54, 1.807) is 19.5 Å². The van der Waals surface area contributed by atoms with E-state index in [2.05, 4.69) is 43.3 Å². The summed E-state index contributed by atoms with van der Waals surface area (Å²) in [6.07, 6.45) is 10.8. The minimum absolute atomic E-state index is 0.140. The van der Waals surface area contributed by atoms with Crippen LogP contribution in [0.3, 0.4) is 0 Å². The fraction of sp³-hybridized carbons (Fsp3) is 0.560. The first-order valence-corrected chi connectivity index (χ1v) is 11.9. The van der Waals surface area contributed by atoms with E-state index in [0.29, 0.717) is 18.1 Å². The number of hydrogen-bond acceptors (Lipinski definition) is 6. The monoisotopic (exact) mass is 435 g/mol. The van der Waals surface area contributed by atoms with Crippen LogP contribution in [0.5, 0.6) is 0 Å². The first-order chi connectivity index (χ1) is 15.7. The highest BCUT2D eigenvalue weighted by molar-refractivity contribution is 5.93. The van der Waals surface area contributed by atoms with E-state index in [1.165, 1.54) is 36.9 Å². The number of benzene rings is 1. The summed E-state index contributed by atoms with van der Waals surface area (Å²) < 4.78 is 5.40. The van der Waals surface area contributed by atoms with Crippen LogP contribution in [0, 0.1) is 0 Å². The van der Waals surface area contributed by atoms with Crippen LogP contribution in [0.1, 0.15) is 52.7 Å². The van der Waals surface area contributed by atoms with Crippen LogP contribution in [0.15, 0.2) is 30.6 Å². The molecule has 3 heterocycles. The minimum Gasteiger partial charge on any atom is -0.380 e. The van der Waals surface area contributed by atoms with Gasteiger partial charge in [0.2, 0.25) is 5.95 Å². The molecule has 1 saturated carbocycles. The van der Waals surface area contributed by atoms with E-state index in [1.807, 2.05) is 0 Å². The number of carbonyl (C=O) groups is 1. The third-order valence-corrected chi connectivity index (χ3v) is 7.31. The van der Waals surface area contributed by atoms with Crippen LogP contribution in [0.25, 0.3) is 0 Å². The molecule has 3 aliphatic rings. The Labute approximate surface area is 190 Å². The van der Waals surface area contributed by atoms with Gasteiger partial charge in [-0.05, 0) is 48.8 Å². The number of methoxy groups -OCH3 is 1. The molecule has 170 valence electrons. The molecule has 1 amide bonds. The summed E-state index contributed by atoms with van der Waals surface area (Å²) in [6, 6.07) is 7.49. The molecule has 1 aromatic carbocycles. The average Bonchev–Trinajstić information content (AvgIpc) is 3.19. The van der Waals surface area contributed by atoms with Crippen molar-refractivity contribution in [3.05, 3.63) is 52.8 Å². The number of hydrogen-bond donors (Lipinski definition) is 1. The number of anilines is 1. The number of nitrogens with one attached hydrogen (secondary N) is 1.